The number of aromatic amines is 1. The fourth-order valence-electron chi connectivity index (χ4n) is 2.96. The molecule has 0 amide bonds. The number of aliphatic hydroxyl groups excluding tert-OH is 1. The van der Waals surface area contributed by atoms with Crippen molar-refractivity contribution in [3.8, 4) is 0 Å². The molecule has 1 aliphatic heterocycles. The molecule has 0 spiro atoms. The molecule has 2 heterocycles. The summed E-state index contributed by atoms with van der Waals surface area (Å²) < 4.78 is 5.44. The van der Waals surface area contributed by atoms with Crippen LogP contribution in [0.5, 0.6) is 0 Å². The van der Waals surface area contributed by atoms with Crippen LogP contribution in [0.2, 0.25) is 0 Å². The van der Waals surface area contributed by atoms with Crippen molar-refractivity contribution >= 4 is 10.9 Å². The highest BCUT2D eigenvalue weighted by Crippen LogP contribution is 2.25. The van der Waals surface area contributed by atoms with Gasteiger partial charge >= 0.3 is 0 Å². The maximum absolute atomic E-state index is 9.47. The molecule has 4 heteroatoms. The number of nitrogens with one attached hydrogen (secondary N) is 1. The Morgan fingerprint density at radius 1 is 1.40 bits per heavy atom. The molecular weight excluding hydrogens is 252 g/mol. The number of aryl methyl sites for hydroxylation is 2. The Hall–Kier alpha value is -1.36. The molecule has 1 unspecified atom stereocenters. The number of hydrogen-bond acceptors (Lipinski definition) is 3. The fraction of sp³-hybridized carbons (Fsp3) is 0.500. The molecule has 108 valence electrons. The Balaban J connectivity index is 1.92. The van der Waals surface area contributed by atoms with Crippen LogP contribution in [0.15, 0.2) is 18.2 Å². The quantitative estimate of drug-likeness (QED) is 0.899. The number of nitrogens with zero attached hydrogens (tertiary/aromatic N) is 1. The van der Waals surface area contributed by atoms with Gasteiger partial charge in [-0.15, -0.1) is 0 Å². The van der Waals surface area contributed by atoms with Crippen LogP contribution in [0.3, 0.4) is 0 Å². The summed E-state index contributed by atoms with van der Waals surface area (Å²) in [5.74, 6) is 0. The largest absolute Gasteiger partial charge is 0.395 e. The van der Waals surface area contributed by atoms with Crippen LogP contribution in [0.25, 0.3) is 10.9 Å². The lowest BCUT2D eigenvalue weighted by Crippen LogP contribution is -2.46. The van der Waals surface area contributed by atoms with Crippen molar-refractivity contribution in [2.45, 2.75) is 26.4 Å². The molecule has 3 rings (SSSR count). The summed E-state index contributed by atoms with van der Waals surface area (Å²) >= 11 is 0. The van der Waals surface area contributed by atoms with E-state index in [1.54, 1.807) is 0 Å². The Kier molecular flexibility index (Phi) is 3.78. The zero-order chi connectivity index (χ0) is 14.1. The fourth-order valence-corrected chi connectivity index (χ4v) is 2.96. The average molecular weight is 274 g/mol. The van der Waals surface area contributed by atoms with Crippen molar-refractivity contribution in [2.24, 2.45) is 0 Å². The number of fused-ring (bicyclic) bond motifs is 1. The highest BCUT2D eigenvalue weighted by molar-refractivity contribution is 5.87. The van der Waals surface area contributed by atoms with Crippen LogP contribution in [0, 0.1) is 13.8 Å². The van der Waals surface area contributed by atoms with Crippen molar-refractivity contribution < 1.29 is 9.84 Å². The van der Waals surface area contributed by atoms with Crippen molar-refractivity contribution in [1.29, 1.82) is 0 Å². The molecule has 1 aliphatic rings. The van der Waals surface area contributed by atoms with Gasteiger partial charge in [-0.25, -0.2) is 0 Å². The van der Waals surface area contributed by atoms with Gasteiger partial charge in [0.05, 0.1) is 31.4 Å². The number of benzene rings is 1. The molecule has 2 N–H and O–H groups in total. The number of para-hydroxylation sites is 1. The van der Waals surface area contributed by atoms with Crippen LogP contribution in [-0.2, 0) is 11.3 Å². The minimum Gasteiger partial charge on any atom is -0.395 e. The third-order valence-corrected chi connectivity index (χ3v) is 4.36. The minimum absolute atomic E-state index is 0.108. The highest BCUT2D eigenvalue weighted by atomic mass is 16.5. The van der Waals surface area contributed by atoms with E-state index in [9.17, 15) is 5.11 Å². The van der Waals surface area contributed by atoms with Gasteiger partial charge in [-0.3, -0.25) is 4.90 Å². The topological polar surface area (TPSA) is 48.5 Å². The average Bonchev–Trinajstić information content (AvgIpc) is 2.77. The van der Waals surface area contributed by atoms with Crippen molar-refractivity contribution in [3.63, 3.8) is 0 Å². The van der Waals surface area contributed by atoms with E-state index in [2.05, 4.69) is 41.9 Å². The van der Waals surface area contributed by atoms with Gasteiger partial charge in [0.15, 0.2) is 0 Å². The SMILES string of the molecule is Cc1[nH]c2c(CN3CCOCC3CO)cccc2c1C. The van der Waals surface area contributed by atoms with Crippen LogP contribution in [-0.4, -0.2) is 47.4 Å². The summed E-state index contributed by atoms with van der Waals surface area (Å²) in [6, 6.07) is 6.56. The number of aliphatic hydroxyl groups is 1. The molecule has 1 saturated heterocycles. The Labute approximate surface area is 119 Å². The molecular formula is C16H22N2O2. The molecule has 1 aromatic carbocycles. The Morgan fingerprint density at radius 2 is 2.25 bits per heavy atom. The second kappa shape index (κ2) is 5.56. The highest BCUT2D eigenvalue weighted by Gasteiger charge is 2.23. The summed E-state index contributed by atoms with van der Waals surface area (Å²) in [6.45, 7) is 7.52. The normalized spacial score (nSPS) is 20.6. The number of morpholine rings is 1. The van der Waals surface area contributed by atoms with Crippen molar-refractivity contribution in [3.05, 3.63) is 35.0 Å². The lowest BCUT2D eigenvalue weighted by atomic mass is 10.1. The third kappa shape index (κ3) is 2.35. The third-order valence-electron chi connectivity index (χ3n) is 4.36. The zero-order valence-corrected chi connectivity index (χ0v) is 12.1. The number of ether oxygens (including phenoxy) is 1. The first-order valence-corrected chi connectivity index (χ1v) is 7.20. The first-order chi connectivity index (χ1) is 9.70. The van der Waals surface area contributed by atoms with Gasteiger partial charge in [0.2, 0.25) is 0 Å². The molecule has 4 nitrogen and oxygen atoms in total. The van der Waals surface area contributed by atoms with Gasteiger partial charge < -0.3 is 14.8 Å². The van der Waals surface area contributed by atoms with Crippen LogP contribution in [0.1, 0.15) is 16.8 Å². The smallest absolute Gasteiger partial charge is 0.0644 e. The van der Waals surface area contributed by atoms with Crippen LogP contribution in [0.4, 0.5) is 0 Å². The van der Waals surface area contributed by atoms with E-state index in [-0.39, 0.29) is 12.6 Å². The van der Waals surface area contributed by atoms with Gasteiger partial charge in [-0.2, -0.15) is 0 Å². The van der Waals surface area contributed by atoms with Crippen molar-refractivity contribution in [2.75, 3.05) is 26.4 Å². The van der Waals surface area contributed by atoms with E-state index < -0.39 is 0 Å². The van der Waals surface area contributed by atoms with Gasteiger partial charge in [-0.05, 0) is 25.0 Å². The van der Waals surface area contributed by atoms with E-state index in [4.69, 9.17) is 4.74 Å². The summed E-state index contributed by atoms with van der Waals surface area (Å²) in [4.78, 5) is 5.81. The molecule has 0 aliphatic carbocycles. The summed E-state index contributed by atoms with van der Waals surface area (Å²) in [7, 11) is 0. The molecule has 2 aromatic rings. The predicted octanol–water partition coefficient (Wildman–Crippen LogP) is 1.98. The number of rotatable bonds is 3. The Morgan fingerprint density at radius 3 is 3.05 bits per heavy atom. The van der Waals surface area contributed by atoms with Crippen molar-refractivity contribution in [1.82, 2.24) is 9.88 Å². The summed E-state index contributed by atoms with van der Waals surface area (Å²) in [5.41, 5.74) is 5.07. The zero-order valence-electron chi connectivity index (χ0n) is 12.1. The van der Waals surface area contributed by atoms with Crippen LogP contribution >= 0.6 is 0 Å². The second-order valence-electron chi connectivity index (χ2n) is 5.60. The maximum atomic E-state index is 9.47. The first kappa shape index (κ1) is 13.6. The molecule has 0 bridgehead atoms. The molecule has 1 atom stereocenters. The lowest BCUT2D eigenvalue weighted by molar-refractivity contribution is -0.0311. The van der Waals surface area contributed by atoms with E-state index in [0.717, 1.165) is 19.7 Å². The minimum atomic E-state index is 0.108. The Bertz CT molecular complexity index is 606. The number of aromatic nitrogens is 1. The van der Waals surface area contributed by atoms with E-state index in [1.165, 1.54) is 27.7 Å². The van der Waals surface area contributed by atoms with Gasteiger partial charge in [-0.1, -0.05) is 18.2 Å². The van der Waals surface area contributed by atoms with Gasteiger partial charge in [0.25, 0.3) is 0 Å². The predicted molar refractivity (Wildman–Crippen MR) is 79.9 cm³/mol. The number of hydrogen-bond donors (Lipinski definition) is 2. The molecule has 0 saturated carbocycles. The summed E-state index contributed by atoms with van der Waals surface area (Å²) in [6.07, 6.45) is 0. The maximum Gasteiger partial charge on any atom is 0.0644 e. The summed E-state index contributed by atoms with van der Waals surface area (Å²) in [5, 5.41) is 10.8. The van der Waals surface area contributed by atoms with Gasteiger partial charge in [0.1, 0.15) is 0 Å². The second-order valence-corrected chi connectivity index (χ2v) is 5.60. The van der Waals surface area contributed by atoms with E-state index >= 15 is 0 Å². The lowest BCUT2D eigenvalue weighted by Gasteiger charge is -2.34. The van der Waals surface area contributed by atoms with Crippen LogP contribution < -0.4 is 0 Å². The standard InChI is InChI=1S/C16H22N2O2/c1-11-12(2)17-16-13(4-3-5-15(11)16)8-18-6-7-20-10-14(18)9-19/h3-5,14,17,19H,6-10H2,1-2H3. The van der Waals surface area contributed by atoms with E-state index in [1.807, 2.05) is 0 Å². The first-order valence-electron chi connectivity index (χ1n) is 7.20. The molecule has 0 radical (unpaired) electrons. The number of H-pyrrole nitrogens is 1. The monoisotopic (exact) mass is 274 g/mol. The molecule has 20 heavy (non-hydrogen) atoms. The van der Waals surface area contributed by atoms with E-state index in [0.29, 0.717) is 6.61 Å². The molecule has 1 fully saturated rings. The van der Waals surface area contributed by atoms with Gasteiger partial charge in [0, 0.05) is 24.2 Å². The molecule has 1 aromatic heterocycles.